The van der Waals surface area contributed by atoms with Crippen molar-refractivity contribution >= 4 is 23.2 Å². The minimum Gasteiger partial charge on any atom is -0.321 e. The normalized spacial score (nSPS) is 11.3. The molecule has 110 valence electrons. The summed E-state index contributed by atoms with van der Waals surface area (Å²) in [4.78, 5) is 15.1. The van der Waals surface area contributed by atoms with E-state index in [0.29, 0.717) is 6.07 Å². The molecule has 21 heavy (non-hydrogen) atoms. The molecule has 0 unspecified atom stereocenters. The van der Waals surface area contributed by atoms with Crippen LogP contribution < -0.4 is 5.32 Å². The lowest BCUT2D eigenvalue weighted by molar-refractivity contribution is -0.137. The predicted octanol–water partition coefficient (Wildman–Crippen LogP) is 4.15. The van der Waals surface area contributed by atoms with Gasteiger partial charge in [-0.05, 0) is 24.3 Å². The molecule has 0 atom stereocenters. The highest BCUT2D eigenvalue weighted by Crippen LogP contribution is 2.33. The molecule has 0 radical (unpaired) electrons. The molecule has 8 heteroatoms. The summed E-state index contributed by atoms with van der Waals surface area (Å²) in [6, 6.07) is 4.67. The van der Waals surface area contributed by atoms with Crippen molar-refractivity contribution in [1.29, 1.82) is 0 Å². The highest BCUT2D eigenvalue weighted by molar-refractivity contribution is 6.34. The number of carbonyl (C=O) groups excluding carboxylic acids is 1. The van der Waals surface area contributed by atoms with Gasteiger partial charge in [-0.25, -0.2) is 4.98 Å². The number of nitrogens with zero attached hydrogens (tertiary/aromatic N) is 1. The fourth-order valence-corrected chi connectivity index (χ4v) is 1.76. The zero-order chi connectivity index (χ0) is 15.6. The summed E-state index contributed by atoms with van der Waals surface area (Å²) in [6.07, 6.45) is -3.43. The first kappa shape index (κ1) is 15.2. The number of hydrogen-bond acceptors (Lipinski definition) is 2. The van der Waals surface area contributed by atoms with E-state index < -0.39 is 23.6 Å². The van der Waals surface area contributed by atoms with E-state index in [4.69, 9.17) is 11.6 Å². The summed E-state index contributed by atoms with van der Waals surface area (Å²) in [5, 5.41) is 2.03. The van der Waals surface area contributed by atoms with E-state index in [9.17, 15) is 22.4 Å². The van der Waals surface area contributed by atoms with Gasteiger partial charge in [0, 0.05) is 17.8 Å². The Kier molecular flexibility index (Phi) is 4.13. The molecule has 0 spiro atoms. The molecule has 0 aliphatic rings. The van der Waals surface area contributed by atoms with Crippen LogP contribution in [0.1, 0.15) is 15.9 Å². The first-order valence-corrected chi connectivity index (χ1v) is 5.95. The largest absolute Gasteiger partial charge is 0.416 e. The Balaban J connectivity index is 2.22. The van der Waals surface area contributed by atoms with Crippen molar-refractivity contribution < 1.29 is 22.4 Å². The lowest BCUT2D eigenvalue weighted by Crippen LogP contribution is -2.13. The number of anilines is 1. The van der Waals surface area contributed by atoms with Gasteiger partial charge in [0.1, 0.15) is 0 Å². The van der Waals surface area contributed by atoms with Gasteiger partial charge in [-0.1, -0.05) is 11.6 Å². The second kappa shape index (κ2) is 5.69. The molecule has 0 aliphatic heterocycles. The zero-order valence-corrected chi connectivity index (χ0v) is 11.0. The number of benzene rings is 1. The molecule has 0 bridgehead atoms. The first-order chi connectivity index (χ1) is 9.77. The number of aromatic nitrogens is 1. The van der Waals surface area contributed by atoms with Crippen LogP contribution in [0, 0.1) is 5.95 Å². The minimum atomic E-state index is -4.53. The number of alkyl halides is 3. The van der Waals surface area contributed by atoms with Crippen molar-refractivity contribution in [1.82, 2.24) is 4.98 Å². The fourth-order valence-electron chi connectivity index (χ4n) is 1.53. The number of hydrogen-bond donors (Lipinski definition) is 1. The van der Waals surface area contributed by atoms with Crippen LogP contribution in [0.15, 0.2) is 36.5 Å². The van der Waals surface area contributed by atoms with E-state index in [0.717, 1.165) is 24.4 Å². The van der Waals surface area contributed by atoms with Crippen LogP contribution >= 0.6 is 11.6 Å². The smallest absolute Gasteiger partial charge is 0.321 e. The number of rotatable bonds is 2. The Hall–Kier alpha value is -2.15. The van der Waals surface area contributed by atoms with Crippen molar-refractivity contribution in [3.63, 3.8) is 0 Å². The summed E-state index contributed by atoms with van der Waals surface area (Å²) >= 11 is 5.70. The molecule has 0 saturated heterocycles. The summed E-state index contributed by atoms with van der Waals surface area (Å²) in [5.74, 6) is -1.56. The third-order valence-electron chi connectivity index (χ3n) is 2.53. The zero-order valence-electron chi connectivity index (χ0n) is 10.2. The van der Waals surface area contributed by atoms with Gasteiger partial charge in [0.2, 0.25) is 5.95 Å². The molecule has 1 N–H and O–H groups in total. The molecular formula is C13H7ClF4N2O. The predicted molar refractivity (Wildman–Crippen MR) is 68.6 cm³/mol. The third-order valence-corrected chi connectivity index (χ3v) is 2.85. The van der Waals surface area contributed by atoms with Crippen molar-refractivity contribution in [3.8, 4) is 0 Å². The summed E-state index contributed by atoms with van der Waals surface area (Å²) in [5.41, 5.74) is -0.967. The number of carbonyl (C=O) groups is 1. The Morgan fingerprint density at radius 2 is 1.90 bits per heavy atom. The molecule has 0 aliphatic carbocycles. The van der Waals surface area contributed by atoms with Crippen LogP contribution in [-0.4, -0.2) is 10.9 Å². The van der Waals surface area contributed by atoms with E-state index in [1.807, 2.05) is 0 Å². The molecule has 1 heterocycles. The summed E-state index contributed by atoms with van der Waals surface area (Å²) in [6.45, 7) is 0. The Morgan fingerprint density at radius 1 is 1.19 bits per heavy atom. The van der Waals surface area contributed by atoms with Gasteiger partial charge in [0.15, 0.2) is 0 Å². The third kappa shape index (κ3) is 3.69. The van der Waals surface area contributed by atoms with E-state index in [2.05, 4.69) is 10.3 Å². The van der Waals surface area contributed by atoms with Crippen LogP contribution in [0.2, 0.25) is 5.02 Å². The molecule has 2 rings (SSSR count). The number of halogens is 5. The number of nitrogens with one attached hydrogen (secondary N) is 1. The number of amides is 1. The van der Waals surface area contributed by atoms with Gasteiger partial charge < -0.3 is 5.32 Å². The quantitative estimate of drug-likeness (QED) is 0.668. The molecule has 1 aromatic heterocycles. The maximum atomic E-state index is 12.9. The van der Waals surface area contributed by atoms with Crippen molar-refractivity contribution in [2.45, 2.75) is 6.18 Å². The maximum absolute atomic E-state index is 12.9. The average Bonchev–Trinajstić information content (AvgIpc) is 2.39. The Labute approximate surface area is 121 Å². The van der Waals surface area contributed by atoms with Crippen LogP contribution in [0.5, 0.6) is 0 Å². The number of pyridine rings is 1. The van der Waals surface area contributed by atoms with Gasteiger partial charge in [-0.15, -0.1) is 0 Å². The SMILES string of the molecule is O=C(Nc1ccc(C(F)(F)F)cc1Cl)c1ccnc(F)c1. The van der Waals surface area contributed by atoms with Gasteiger partial charge >= 0.3 is 6.18 Å². The highest BCUT2D eigenvalue weighted by atomic mass is 35.5. The molecule has 0 fully saturated rings. The standard InChI is InChI=1S/C13H7ClF4N2O/c14-9-6-8(13(16,17)18)1-2-10(9)20-12(21)7-3-4-19-11(15)5-7/h1-6H,(H,20,21). The van der Waals surface area contributed by atoms with Crippen LogP contribution in [0.25, 0.3) is 0 Å². The molecule has 0 saturated carbocycles. The van der Waals surface area contributed by atoms with Gasteiger partial charge in [0.05, 0.1) is 16.3 Å². The van der Waals surface area contributed by atoms with Gasteiger partial charge in [-0.3, -0.25) is 4.79 Å². The maximum Gasteiger partial charge on any atom is 0.416 e. The van der Waals surface area contributed by atoms with Crippen LogP contribution in [0.3, 0.4) is 0 Å². The molecular weight excluding hydrogens is 312 g/mol. The Bertz CT molecular complexity index is 688. The first-order valence-electron chi connectivity index (χ1n) is 5.57. The van der Waals surface area contributed by atoms with Crippen molar-refractivity contribution in [3.05, 3.63) is 58.6 Å². The molecule has 1 amide bonds. The van der Waals surface area contributed by atoms with E-state index in [-0.39, 0.29) is 16.3 Å². The van der Waals surface area contributed by atoms with E-state index in [1.54, 1.807) is 0 Å². The van der Waals surface area contributed by atoms with Gasteiger partial charge in [-0.2, -0.15) is 17.6 Å². The lowest BCUT2D eigenvalue weighted by atomic mass is 10.2. The summed E-state index contributed by atoms with van der Waals surface area (Å²) < 4.78 is 50.3. The molecule has 2 aromatic rings. The minimum absolute atomic E-state index is 0.00751. The highest BCUT2D eigenvalue weighted by Gasteiger charge is 2.31. The van der Waals surface area contributed by atoms with Crippen molar-refractivity contribution in [2.75, 3.05) is 5.32 Å². The van der Waals surface area contributed by atoms with Crippen LogP contribution in [0.4, 0.5) is 23.2 Å². The molecule has 3 nitrogen and oxygen atoms in total. The van der Waals surface area contributed by atoms with Crippen molar-refractivity contribution in [2.24, 2.45) is 0 Å². The summed E-state index contributed by atoms with van der Waals surface area (Å²) in [7, 11) is 0. The average molecular weight is 319 g/mol. The monoisotopic (exact) mass is 318 g/mol. The molecule has 1 aromatic carbocycles. The fraction of sp³-hybridized carbons (Fsp3) is 0.0769. The van der Waals surface area contributed by atoms with E-state index >= 15 is 0 Å². The topological polar surface area (TPSA) is 42.0 Å². The van der Waals surface area contributed by atoms with Crippen LogP contribution in [-0.2, 0) is 6.18 Å². The lowest BCUT2D eigenvalue weighted by Gasteiger charge is -2.11. The second-order valence-corrected chi connectivity index (χ2v) is 4.42. The van der Waals surface area contributed by atoms with Gasteiger partial charge in [0.25, 0.3) is 5.91 Å². The Morgan fingerprint density at radius 3 is 2.48 bits per heavy atom. The second-order valence-electron chi connectivity index (χ2n) is 4.01. The van der Waals surface area contributed by atoms with E-state index in [1.165, 1.54) is 6.07 Å².